The van der Waals surface area contributed by atoms with Crippen LogP contribution in [0.5, 0.6) is 5.75 Å². The van der Waals surface area contributed by atoms with E-state index in [0.717, 1.165) is 21.7 Å². The molecule has 0 unspecified atom stereocenters. The number of aromatic nitrogens is 2. The molecule has 6 heteroatoms. The van der Waals surface area contributed by atoms with Crippen LogP contribution in [0.3, 0.4) is 0 Å². The molecule has 0 saturated heterocycles. The highest BCUT2D eigenvalue weighted by Gasteiger charge is 2.13. The third-order valence-electron chi connectivity index (χ3n) is 4.12. The van der Waals surface area contributed by atoms with Crippen LogP contribution in [0, 0.1) is 6.92 Å². The van der Waals surface area contributed by atoms with Gasteiger partial charge in [-0.3, -0.25) is 4.79 Å². The summed E-state index contributed by atoms with van der Waals surface area (Å²) in [6, 6.07) is 17.9. The fourth-order valence-electron chi connectivity index (χ4n) is 2.76. The molecular weight excluding hydrogens is 376 g/mol. The summed E-state index contributed by atoms with van der Waals surface area (Å²) in [4.78, 5) is 20.9. The van der Waals surface area contributed by atoms with Gasteiger partial charge in [0.1, 0.15) is 10.6 Å². The van der Waals surface area contributed by atoms with Gasteiger partial charge in [-0.15, -0.1) is 11.3 Å². The first-order chi connectivity index (χ1) is 13.2. The molecule has 2 heterocycles. The zero-order chi connectivity index (χ0) is 18.6. The quantitative estimate of drug-likeness (QED) is 0.280. The van der Waals surface area contributed by atoms with E-state index in [1.165, 1.54) is 28.7 Å². The van der Waals surface area contributed by atoms with Gasteiger partial charge in [0.25, 0.3) is 5.56 Å². The number of thioether (sulfide) groups is 1. The molecule has 2 aromatic carbocycles. The lowest BCUT2D eigenvalue weighted by Crippen LogP contribution is -2.09. The number of nitrogens with one attached hydrogen (secondary N) is 1. The second-order valence-electron chi connectivity index (χ2n) is 6.08. The lowest BCUT2D eigenvalue weighted by atomic mass is 10.1. The van der Waals surface area contributed by atoms with Gasteiger partial charge in [-0.05, 0) is 24.6 Å². The number of thiophene rings is 1. The minimum Gasteiger partial charge on any atom is -0.493 e. The molecule has 0 aliphatic heterocycles. The Morgan fingerprint density at radius 2 is 1.89 bits per heavy atom. The number of hydrogen-bond donors (Lipinski definition) is 1. The van der Waals surface area contributed by atoms with E-state index < -0.39 is 0 Å². The predicted molar refractivity (Wildman–Crippen MR) is 113 cm³/mol. The van der Waals surface area contributed by atoms with Crippen LogP contribution in [0.15, 0.2) is 69.9 Å². The van der Waals surface area contributed by atoms with Crippen molar-refractivity contribution in [1.82, 2.24) is 9.97 Å². The number of rotatable bonds is 6. The maximum atomic E-state index is 12.6. The van der Waals surface area contributed by atoms with E-state index in [0.29, 0.717) is 22.9 Å². The molecule has 4 rings (SSSR count). The zero-order valence-electron chi connectivity index (χ0n) is 14.8. The van der Waals surface area contributed by atoms with Gasteiger partial charge in [-0.1, -0.05) is 59.8 Å². The number of benzene rings is 2. The van der Waals surface area contributed by atoms with Gasteiger partial charge in [-0.25, -0.2) is 4.98 Å². The summed E-state index contributed by atoms with van der Waals surface area (Å²) in [5.41, 5.74) is 3.08. The molecule has 4 aromatic rings. The molecule has 0 atom stereocenters. The van der Waals surface area contributed by atoms with Crippen molar-refractivity contribution in [3.8, 4) is 16.9 Å². The van der Waals surface area contributed by atoms with E-state index >= 15 is 0 Å². The summed E-state index contributed by atoms with van der Waals surface area (Å²) in [6.07, 6.45) is 0. The molecule has 0 saturated carbocycles. The zero-order valence-corrected chi connectivity index (χ0v) is 16.4. The third-order valence-corrected chi connectivity index (χ3v) is 5.83. The van der Waals surface area contributed by atoms with Crippen LogP contribution in [0.25, 0.3) is 21.3 Å². The molecule has 0 aliphatic rings. The minimum atomic E-state index is -0.0953. The van der Waals surface area contributed by atoms with Gasteiger partial charge >= 0.3 is 0 Å². The third kappa shape index (κ3) is 4.07. The first kappa shape index (κ1) is 17.8. The summed E-state index contributed by atoms with van der Waals surface area (Å²) < 4.78 is 5.72. The van der Waals surface area contributed by atoms with Crippen LogP contribution in [-0.2, 0) is 0 Å². The highest BCUT2D eigenvalue weighted by atomic mass is 32.2. The topological polar surface area (TPSA) is 55.0 Å². The predicted octanol–water partition coefficient (Wildman–Crippen LogP) is 5.13. The summed E-state index contributed by atoms with van der Waals surface area (Å²) in [5.74, 6) is 1.56. The van der Waals surface area contributed by atoms with Crippen molar-refractivity contribution in [3.63, 3.8) is 0 Å². The second-order valence-corrected chi connectivity index (χ2v) is 8.02. The van der Waals surface area contributed by atoms with Gasteiger partial charge in [0.2, 0.25) is 0 Å². The van der Waals surface area contributed by atoms with Gasteiger partial charge in [0.15, 0.2) is 5.16 Å². The van der Waals surface area contributed by atoms with Crippen molar-refractivity contribution >= 4 is 33.3 Å². The monoisotopic (exact) mass is 394 g/mol. The number of ether oxygens (including phenoxy) is 1. The number of hydrogen-bond acceptors (Lipinski definition) is 5. The van der Waals surface area contributed by atoms with E-state index in [2.05, 4.69) is 9.97 Å². The summed E-state index contributed by atoms with van der Waals surface area (Å²) in [7, 11) is 0. The van der Waals surface area contributed by atoms with Crippen molar-refractivity contribution in [3.05, 3.63) is 75.9 Å². The Morgan fingerprint density at radius 3 is 2.67 bits per heavy atom. The maximum absolute atomic E-state index is 12.6. The number of nitrogens with zero attached hydrogens (tertiary/aromatic N) is 1. The second kappa shape index (κ2) is 7.98. The Hall–Kier alpha value is -2.57. The van der Waals surface area contributed by atoms with Crippen LogP contribution in [0.1, 0.15) is 5.56 Å². The van der Waals surface area contributed by atoms with Crippen molar-refractivity contribution in [1.29, 1.82) is 0 Å². The van der Waals surface area contributed by atoms with Crippen LogP contribution < -0.4 is 10.3 Å². The summed E-state index contributed by atoms with van der Waals surface area (Å²) in [6.45, 7) is 2.60. The molecule has 2 aromatic heterocycles. The molecule has 0 fully saturated rings. The minimum absolute atomic E-state index is 0.0953. The SMILES string of the molecule is Cc1ccc(OCCSc2nc3scc(-c4ccccc4)c3c(=O)[nH]2)cc1. The smallest absolute Gasteiger partial charge is 0.260 e. The lowest BCUT2D eigenvalue weighted by Gasteiger charge is -2.06. The highest BCUT2D eigenvalue weighted by Crippen LogP contribution is 2.31. The Kier molecular flexibility index (Phi) is 5.27. The highest BCUT2D eigenvalue weighted by molar-refractivity contribution is 7.99. The molecule has 27 heavy (non-hydrogen) atoms. The number of fused-ring (bicyclic) bond motifs is 1. The van der Waals surface area contributed by atoms with E-state index in [1.807, 2.05) is 66.9 Å². The maximum Gasteiger partial charge on any atom is 0.260 e. The van der Waals surface area contributed by atoms with E-state index in [-0.39, 0.29) is 5.56 Å². The van der Waals surface area contributed by atoms with Crippen LogP contribution >= 0.6 is 23.1 Å². The standard InChI is InChI=1S/C21H18N2O2S2/c1-14-7-9-16(10-8-14)25-11-12-26-21-22-19(24)18-17(13-27-20(18)23-21)15-5-3-2-4-6-15/h2-10,13H,11-12H2,1H3,(H,22,23,24). The first-order valence-corrected chi connectivity index (χ1v) is 10.5. The van der Waals surface area contributed by atoms with Gasteiger partial charge in [0, 0.05) is 16.7 Å². The van der Waals surface area contributed by atoms with Crippen LogP contribution in [0.2, 0.25) is 0 Å². The molecule has 0 aliphatic carbocycles. The van der Waals surface area contributed by atoms with Gasteiger partial charge in [0.05, 0.1) is 12.0 Å². The molecule has 0 radical (unpaired) electrons. The van der Waals surface area contributed by atoms with E-state index in [4.69, 9.17) is 4.74 Å². The summed E-state index contributed by atoms with van der Waals surface area (Å²) in [5, 5.41) is 3.28. The number of aryl methyl sites for hydroxylation is 1. The van der Waals surface area contributed by atoms with E-state index in [1.54, 1.807) is 0 Å². The average molecular weight is 395 g/mol. The molecular formula is C21H18N2O2S2. The number of aromatic amines is 1. The van der Waals surface area contributed by atoms with Crippen molar-refractivity contribution in [2.75, 3.05) is 12.4 Å². The molecule has 0 bridgehead atoms. The Morgan fingerprint density at radius 1 is 1.11 bits per heavy atom. The Balaban J connectivity index is 1.46. The molecule has 4 nitrogen and oxygen atoms in total. The molecule has 0 amide bonds. The Labute approximate surface area is 165 Å². The van der Waals surface area contributed by atoms with Crippen molar-refractivity contribution < 1.29 is 4.74 Å². The van der Waals surface area contributed by atoms with Crippen molar-refractivity contribution in [2.24, 2.45) is 0 Å². The fraction of sp³-hybridized carbons (Fsp3) is 0.143. The fourth-order valence-corrected chi connectivity index (χ4v) is 4.45. The van der Waals surface area contributed by atoms with Gasteiger partial charge < -0.3 is 9.72 Å². The Bertz CT molecular complexity index is 1100. The van der Waals surface area contributed by atoms with Gasteiger partial charge in [-0.2, -0.15) is 0 Å². The average Bonchev–Trinajstić information content (AvgIpc) is 3.12. The largest absolute Gasteiger partial charge is 0.493 e. The molecule has 1 N–H and O–H groups in total. The van der Waals surface area contributed by atoms with Crippen molar-refractivity contribution in [2.45, 2.75) is 12.1 Å². The summed E-state index contributed by atoms with van der Waals surface area (Å²) >= 11 is 2.99. The van der Waals surface area contributed by atoms with E-state index in [9.17, 15) is 4.79 Å². The molecule has 0 spiro atoms. The normalized spacial score (nSPS) is 11.0. The number of H-pyrrole nitrogens is 1. The first-order valence-electron chi connectivity index (χ1n) is 8.60. The van der Waals surface area contributed by atoms with Crippen LogP contribution in [-0.4, -0.2) is 22.3 Å². The van der Waals surface area contributed by atoms with Crippen LogP contribution in [0.4, 0.5) is 0 Å². The lowest BCUT2D eigenvalue weighted by molar-refractivity contribution is 0.344. The molecule has 136 valence electrons.